The number of hydrogen-bond acceptors (Lipinski definition) is 2. The Morgan fingerprint density at radius 3 is 3.13 bits per heavy atom. The van der Waals surface area contributed by atoms with Gasteiger partial charge >= 0.3 is 0 Å². The Balaban J connectivity index is 2.22. The zero-order valence-corrected chi connectivity index (χ0v) is 10.2. The number of hydrogen-bond donors (Lipinski definition) is 0. The Hall–Kier alpha value is -0.740. The number of carbonyl (C=O) groups is 1. The molecule has 1 amide bonds. The Morgan fingerprint density at radius 2 is 2.40 bits per heavy atom. The van der Waals surface area contributed by atoms with E-state index in [0.29, 0.717) is 6.54 Å². The maximum absolute atomic E-state index is 11.4. The highest BCUT2D eigenvalue weighted by Gasteiger charge is 2.20. The van der Waals surface area contributed by atoms with Gasteiger partial charge < -0.3 is 9.64 Å². The van der Waals surface area contributed by atoms with Gasteiger partial charge in [-0.1, -0.05) is 15.9 Å². The molecule has 0 aromatic heterocycles. The second kappa shape index (κ2) is 4.41. The maximum Gasteiger partial charge on any atom is 0.240 e. The second-order valence-electron chi connectivity index (χ2n) is 3.25. The molecule has 0 bridgehead atoms. The summed E-state index contributed by atoms with van der Waals surface area (Å²) in [5.41, 5.74) is 0.995. The number of ether oxygens (including phenoxy) is 1. The summed E-state index contributed by atoms with van der Waals surface area (Å²) in [4.78, 5) is 12.9. The van der Waals surface area contributed by atoms with Crippen LogP contribution in [0, 0.1) is 0 Å². The van der Waals surface area contributed by atoms with Crippen molar-refractivity contribution in [2.75, 3.05) is 12.6 Å². The molecule has 2 rings (SSSR count). The fourth-order valence-corrected chi connectivity index (χ4v) is 2.03. The van der Waals surface area contributed by atoms with E-state index in [0.717, 1.165) is 15.8 Å². The summed E-state index contributed by atoms with van der Waals surface area (Å²) < 4.78 is 6.42. The number of rotatable bonds is 1. The molecule has 5 heteroatoms. The van der Waals surface area contributed by atoms with E-state index in [9.17, 15) is 4.79 Å². The molecule has 0 N–H and O–H groups in total. The van der Waals surface area contributed by atoms with Crippen molar-refractivity contribution in [1.29, 1.82) is 0 Å². The monoisotopic (exact) mass is 289 g/mol. The van der Waals surface area contributed by atoms with Crippen LogP contribution in [0.1, 0.15) is 5.56 Å². The minimum absolute atomic E-state index is 0.00725. The van der Waals surface area contributed by atoms with Crippen molar-refractivity contribution in [2.45, 2.75) is 6.54 Å². The van der Waals surface area contributed by atoms with E-state index in [1.807, 2.05) is 18.2 Å². The Kier molecular flexibility index (Phi) is 3.17. The zero-order chi connectivity index (χ0) is 10.8. The fourth-order valence-electron chi connectivity index (χ4n) is 1.46. The predicted molar refractivity (Wildman–Crippen MR) is 60.9 cm³/mol. The van der Waals surface area contributed by atoms with Crippen LogP contribution in [0.2, 0.25) is 0 Å². The molecular formula is C10H9BrClNO2. The van der Waals surface area contributed by atoms with Crippen LogP contribution in [0.3, 0.4) is 0 Å². The van der Waals surface area contributed by atoms with E-state index >= 15 is 0 Å². The molecule has 0 radical (unpaired) electrons. The Morgan fingerprint density at radius 1 is 1.60 bits per heavy atom. The molecule has 3 nitrogen and oxygen atoms in total. The van der Waals surface area contributed by atoms with Crippen molar-refractivity contribution in [3.05, 3.63) is 28.2 Å². The van der Waals surface area contributed by atoms with Gasteiger partial charge in [-0.05, 0) is 18.2 Å². The third kappa shape index (κ3) is 2.26. The third-order valence-corrected chi connectivity index (χ3v) is 2.95. The van der Waals surface area contributed by atoms with Gasteiger partial charge in [0.1, 0.15) is 11.6 Å². The van der Waals surface area contributed by atoms with Crippen LogP contribution in [-0.4, -0.2) is 23.4 Å². The molecule has 1 heterocycles. The number of halogens is 2. The molecule has 1 aliphatic heterocycles. The first-order chi connectivity index (χ1) is 7.20. The van der Waals surface area contributed by atoms with Crippen molar-refractivity contribution in [1.82, 2.24) is 4.90 Å². The van der Waals surface area contributed by atoms with Crippen molar-refractivity contribution >= 4 is 33.4 Å². The smallest absolute Gasteiger partial charge is 0.240 e. The van der Waals surface area contributed by atoms with Crippen molar-refractivity contribution < 1.29 is 9.53 Å². The van der Waals surface area contributed by atoms with Crippen LogP contribution >= 0.6 is 27.5 Å². The highest BCUT2D eigenvalue weighted by Crippen LogP contribution is 2.27. The first-order valence-corrected chi connectivity index (χ1v) is 5.78. The van der Waals surface area contributed by atoms with Crippen LogP contribution < -0.4 is 4.74 Å². The van der Waals surface area contributed by atoms with Gasteiger partial charge in [0.25, 0.3) is 0 Å². The molecule has 1 aromatic rings. The molecule has 80 valence electrons. The topological polar surface area (TPSA) is 29.5 Å². The summed E-state index contributed by atoms with van der Waals surface area (Å²) in [7, 11) is 0. The van der Waals surface area contributed by atoms with Crippen molar-refractivity contribution in [2.24, 2.45) is 0 Å². The highest BCUT2D eigenvalue weighted by molar-refractivity contribution is 9.10. The predicted octanol–water partition coefficient (Wildman–Crippen LogP) is 2.37. The van der Waals surface area contributed by atoms with Crippen LogP contribution in [0.4, 0.5) is 0 Å². The van der Waals surface area contributed by atoms with Crippen LogP contribution in [0.5, 0.6) is 5.75 Å². The summed E-state index contributed by atoms with van der Waals surface area (Å²) in [6, 6.07) is 5.75. The van der Waals surface area contributed by atoms with Gasteiger partial charge in [0.2, 0.25) is 5.91 Å². The minimum Gasteiger partial charge on any atom is -0.473 e. The van der Waals surface area contributed by atoms with E-state index in [1.165, 1.54) is 0 Å². The van der Waals surface area contributed by atoms with Crippen molar-refractivity contribution in [3.8, 4) is 5.75 Å². The lowest BCUT2D eigenvalue weighted by atomic mass is 10.1. The van der Waals surface area contributed by atoms with Gasteiger partial charge in [0.05, 0.1) is 6.54 Å². The third-order valence-electron chi connectivity index (χ3n) is 2.23. The maximum atomic E-state index is 11.4. The summed E-state index contributed by atoms with van der Waals surface area (Å²) in [6.45, 7) is 0.834. The molecule has 0 saturated heterocycles. The summed E-state index contributed by atoms with van der Waals surface area (Å²) in [6.07, 6.45) is 0. The molecule has 0 aliphatic carbocycles. The van der Waals surface area contributed by atoms with Gasteiger partial charge in [-0.25, -0.2) is 0 Å². The quantitative estimate of drug-likeness (QED) is 0.743. The first-order valence-electron chi connectivity index (χ1n) is 4.45. The number of fused-ring (bicyclic) bond motifs is 1. The molecule has 0 saturated carbocycles. The van der Waals surface area contributed by atoms with E-state index in [4.69, 9.17) is 16.3 Å². The Labute approximate surface area is 101 Å². The lowest BCUT2D eigenvalue weighted by molar-refractivity contribution is -0.133. The normalized spacial score (nSPS) is 14.4. The van der Waals surface area contributed by atoms with Gasteiger partial charge in [-0.3, -0.25) is 4.79 Å². The summed E-state index contributed by atoms with van der Waals surface area (Å²) in [5.74, 6) is 0.714. The van der Waals surface area contributed by atoms with Gasteiger partial charge in [0, 0.05) is 10.0 Å². The molecule has 1 aromatic carbocycles. The van der Waals surface area contributed by atoms with Crippen molar-refractivity contribution in [3.63, 3.8) is 0 Å². The Bertz CT molecular complexity index is 397. The minimum atomic E-state index is -0.109. The van der Waals surface area contributed by atoms with Crippen LogP contribution in [0.15, 0.2) is 22.7 Å². The summed E-state index contributed by atoms with van der Waals surface area (Å²) >= 11 is 8.87. The van der Waals surface area contributed by atoms with Crippen LogP contribution in [0.25, 0.3) is 0 Å². The SMILES string of the molecule is O=C(CCl)N1COc2ccc(Br)cc2C1. The number of alkyl halides is 1. The number of nitrogens with zero attached hydrogens (tertiary/aromatic N) is 1. The van der Waals surface area contributed by atoms with Gasteiger partial charge in [0.15, 0.2) is 6.73 Å². The average molecular weight is 291 g/mol. The van der Waals surface area contributed by atoms with E-state index in [-0.39, 0.29) is 18.5 Å². The molecular weight excluding hydrogens is 281 g/mol. The molecule has 0 fully saturated rings. The largest absolute Gasteiger partial charge is 0.473 e. The summed E-state index contributed by atoms with van der Waals surface area (Å²) in [5, 5.41) is 0. The first kappa shape index (κ1) is 10.8. The fraction of sp³-hybridized carbons (Fsp3) is 0.300. The molecule has 1 aliphatic rings. The van der Waals surface area contributed by atoms with E-state index < -0.39 is 0 Å². The number of amides is 1. The number of benzene rings is 1. The van der Waals surface area contributed by atoms with Gasteiger partial charge in [-0.2, -0.15) is 0 Å². The molecule has 0 unspecified atom stereocenters. The molecule has 0 atom stereocenters. The molecule has 15 heavy (non-hydrogen) atoms. The zero-order valence-electron chi connectivity index (χ0n) is 7.87. The lowest BCUT2D eigenvalue weighted by Crippen LogP contribution is -2.37. The average Bonchev–Trinajstić information content (AvgIpc) is 2.27. The van der Waals surface area contributed by atoms with Gasteiger partial charge in [-0.15, -0.1) is 11.6 Å². The lowest BCUT2D eigenvalue weighted by Gasteiger charge is -2.28. The second-order valence-corrected chi connectivity index (χ2v) is 4.43. The standard InChI is InChI=1S/C10H9BrClNO2/c11-8-1-2-9-7(3-8)5-13(6-15-9)10(14)4-12/h1-3H,4-6H2. The molecule has 0 spiro atoms. The van der Waals surface area contributed by atoms with E-state index in [1.54, 1.807) is 4.90 Å². The van der Waals surface area contributed by atoms with Crippen LogP contribution in [-0.2, 0) is 11.3 Å². The van der Waals surface area contributed by atoms with E-state index in [2.05, 4.69) is 15.9 Å². The number of carbonyl (C=O) groups excluding carboxylic acids is 1. The highest BCUT2D eigenvalue weighted by atomic mass is 79.9.